The Kier molecular flexibility index (Phi) is 4.72. The zero-order valence-corrected chi connectivity index (χ0v) is 22.0. The van der Waals surface area contributed by atoms with Crippen LogP contribution < -0.4 is 0 Å². The number of furan rings is 1. The quantitative estimate of drug-likeness (QED) is 0.228. The molecule has 1 fully saturated rings. The van der Waals surface area contributed by atoms with Crippen LogP contribution in [0.2, 0.25) is 0 Å². The summed E-state index contributed by atoms with van der Waals surface area (Å²) in [7, 11) is 0. The summed E-state index contributed by atoms with van der Waals surface area (Å²) in [5.74, 6) is 0.340. The van der Waals surface area contributed by atoms with E-state index in [1.807, 2.05) is 0 Å². The van der Waals surface area contributed by atoms with Gasteiger partial charge in [-0.05, 0) is 37.6 Å². The Bertz CT molecular complexity index is 1540. The molecule has 35 heavy (non-hydrogen) atoms. The van der Waals surface area contributed by atoms with Gasteiger partial charge in [0.1, 0.15) is 11.2 Å². The number of allylic oxidation sites excluding steroid dienone is 7. The topological polar surface area (TPSA) is 19.6 Å². The zero-order chi connectivity index (χ0) is 23.7. The first-order valence-corrected chi connectivity index (χ1v) is 13.3. The minimum atomic E-state index is -0.0368. The van der Waals surface area contributed by atoms with Crippen LogP contribution in [0.5, 0.6) is 0 Å². The highest BCUT2D eigenvalue weighted by molar-refractivity contribution is 14.1. The Labute approximate surface area is 219 Å². The van der Waals surface area contributed by atoms with E-state index in [2.05, 4.69) is 148 Å². The van der Waals surface area contributed by atoms with Crippen molar-refractivity contribution in [3.05, 3.63) is 120 Å². The largest absolute Gasteiger partial charge is 0.456 e. The molecule has 0 N–H and O–H groups in total. The van der Waals surface area contributed by atoms with Gasteiger partial charge in [-0.2, -0.15) is 0 Å². The molecule has 0 amide bonds. The first-order valence-electron chi connectivity index (χ1n) is 12.3. The van der Waals surface area contributed by atoms with Gasteiger partial charge in [-0.1, -0.05) is 78.9 Å². The molecule has 3 nitrogen and oxygen atoms in total. The summed E-state index contributed by atoms with van der Waals surface area (Å²) >= 11 is 2.43. The van der Waals surface area contributed by atoms with Crippen LogP contribution >= 0.6 is 22.9 Å². The molecule has 4 heterocycles. The van der Waals surface area contributed by atoms with E-state index in [1.165, 1.54) is 27.6 Å². The molecule has 7 rings (SSSR count). The lowest BCUT2D eigenvalue weighted by molar-refractivity contribution is 0.238. The molecule has 1 saturated heterocycles. The van der Waals surface area contributed by atoms with Crippen LogP contribution in [0, 0.1) is 11.3 Å². The minimum Gasteiger partial charge on any atom is -0.456 e. The summed E-state index contributed by atoms with van der Waals surface area (Å²) in [5, 5.41) is 2.37. The van der Waals surface area contributed by atoms with E-state index in [-0.39, 0.29) is 17.5 Å². The van der Waals surface area contributed by atoms with Gasteiger partial charge in [-0.3, -0.25) is 0 Å². The molecule has 4 aliphatic rings. The number of fused-ring (bicyclic) bond motifs is 6. The van der Waals surface area contributed by atoms with E-state index in [9.17, 15) is 0 Å². The highest BCUT2D eigenvalue weighted by Crippen LogP contribution is 2.60. The van der Waals surface area contributed by atoms with Crippen molar-refractivity contribution in [1.82, 2.24) is 8.01 Å². The van der Waals surface area contributed by atoms with Gasteiger partial charge in [0.25, 0.3) is 0 Å². The van der Waals surface area contributed by atoms with Crippen molar-refractivity contribution in [2.24, 2.45) is 11.3 Å². The van der Waals surface area contributed by atoms with Crippen molar-refractivity contribution < 1.29 is 4.42 Å². The number of hydrogen-bond acceptors (Lipinski definition) is 3. The Morgan fingerprint density at radius 1 is 0.914 bits per heavy atom. The molecule has 3 aliphatic heterocycles. The molecule has 1 aromatic heterocycles. The highest BCUT2D eigenvalue weighted by atomic mass is 127. The first kappa shape index (κ1) is 21.3. The Hall–Kier alpha value is -2.99. The van der Waals surface area contributed by atoms with Crippen molar-refractivity contribution >= 4 is 44.8 Å². The Morgan fingerprint density at radius 2 is 1.77 bits per heavy atom. The molecule has 2 aromatic carbocycles. The predicted molar refractivity (Wildman–Crippen MR) is 152 cm³/mol. The average molecular weight is 570 g/mol. The van der Waals surface area contributed by atoms with Gasteiger partial charge in [0.2, 0.25) is 0 Å². The molecule has 1 aliphatic carbocycles. The third-order valence-electron chi connectivity index (χ3n) is 8.25. The fraction of sp³-hybridized carbons (Fsp3) is 0.226. The lowest BCUT2D eigenvalue weighted by atomic mass is 9.71. The second-order valence-corrected chi connectivity index (χ2v) is 11.3. The van der Waals surface area contributed by atoms with Gasteiger partial charge in [0.05, 0.1) is 34.9 Å². The molecular weight excluding hydrogens is 543 g/mol. The average Bonchev–Trinajstić information content (AvgIpc) is 3.38. The first-order chi connectivity index (χ1) is 17.1. The maximum absolute atomic E-state index is 6.64. The van der Waals surface area contributed by atoms with E-state index in [0.717, 1.165) is 11.2 Å². The molecule has 0 radical (unpaired) electrons. The lowest BCUT2D eigenvalue weighted by Gasteiger charge is -2.37. The molecule has 0 spiro atoms. The lowest BCUT2D eigenvalue weighted by Crippen LogP contribution is -2.34. The Balaban J connectivity index is 1.53. The number of hydrogen-bond donors (Lipinski definition) is 0. The smallest absolute Gasteiger partial charge is 0.141 e. The third-order valence-corrected chi connectivity index (χ3v) is 9.17. The van der Waals surface area contributed by atoms with Gasteiger partial charge in [0, 0.05) is 45.6 Å². The van der Waals surface area contributed by atoms with Crippen molar-refractivity contribution in [1.29, 1.82) is 0 Å². The number of rotatable bonds is 2. The van der Waals surface area contributed by atoms with Crippen molar-refractivity contribution in [3.8, 4) is 0 Å². The molecular formula is C31H27IN2O. The van der Waals surface area contributed by atoms with Gasteiger partial charge in [-0.15, -0.1) is 0 Å². The minimum absolute atomic E-state index is 0.0368. The van der Waals surface area contributed by atoms with Crippen LogP contribution in [-0.2, 0) is 0 Å². The molecule has 0 saturated carbocycles. The van der Waals surface area contributed by atoms with Crippen LogP contribution in [0.4, 0.5) is 0 Å². The van der Waals surface area contributed by atoms with E-state index in [0.29, 0.717) is 12.0 Å². The summed E-state index contributed by atoms with van der Waals surface area (Å²) in [6, 6.07) is 13.7. The van der Waals surface area contributed by atoms with Gasteiger partial charge >= 0.3 is 0 Å². The van der Waals surface area contributed by atoms with Crippen LogP contribution in [0.15, 0.2) is 113 Å². The summed E-state index contributed by atoms with van der Waals surface area (Å²) in [5.41, 5.74) is 5.94. The SMILES string of the molecule is CC1C=CC=C2N1[C@@H](c1ccc3c(oc4ccccc43)c1C1C=CC=CN1I)C1C=CC=CC21C. The fourth-order valence-corrected chi connectivity index (χ4v) is 7.26. The van der Waals surface area contributed by atoms with Gasteiger partial charge in [-0.25, -0.2) is 0 Å². The van der Waals surface area contributed by atoms with Crippen molar-refractivity contribution in [2.45, 2.75) is 32.0 Å². The van der Waals surface area contributed by atoms with E-state index in [4.69, 9.17) is 4.42 Å². The monoisotopic (exact) mass is 570 g/mol. The van der Waals surface area contributed by atoms with E-state index >= 15 is 0 Å². The standard InChI is InChI=1S/C31H27IN2O/c1-20-10-9-15-27-31(2)18-7-5-12-24(31)29(34(20)27)23-17-16-22-21-11-3-4-14-26(21)35-30(22)28(23)25-13-6-8-19-33(25)32/h3-20,24-25,29H,1-2H3/t20?,24?,25?,29-,31?/m0/s1. The predicted octanol–water partition coefficient (Wildman–Crippen LogP) is 8.31. The van der Waals surface area contributed by atoms with Crippen molar-refractivity contribution in [3.63, 3.8) is 0 Å². The van der Waals surface area contributed by atoms with Crippen molar-refractivity contribution in [2.75, 3.05) is 0 Å². The van der Waals surface area contributed by atoms with Gasteiger partial charge < -0.3 is 12.4 Å². The third kappa shape index (κ3) is 2.95. The molecule has 174 valence electrons. The maximum Gasteiger partial charge on any atom is 0.141 e. The van der Waals surface area contributed by atoms with Crippen LogP contribution in [-0.4, -0.2) is 14.1 Å². The highest BCUT2D eigenvalue weighted by Gasteiger charge is 2.54. The summed E-state index contributed by atoms with van der Waals surface area (Å²) < 4.78 is 8.91. The Morgan fingerprint density at radius 3 is 2.66 bits per heavy atom. The van der Waals surface area contributed by atoms with E-state index < -0.39 is 0 Å². The van der Waals surface area contributed by atoms with Crippen LogP contribution in [0.3, 0.4) is 0 Å². The molecule has 5 atom stereocenters. The van der Waals surface area contributed by atoms with Crippen LogP contribution in [0.25, 0.3) is 21.9 Å². The summed E-state index contributed by atoms with van der Waals surface area (Å²) in [6.45, 7) is 4.72. The zero-order valence-electron chi connectivity index (χ0n) is 19.8. The summed E-state index contributed by atoms with van der Waals surface area (Å²) in [4.78, 5) is 2.65. The van der Waals surface area contributed by atoms with E-state index in [1.54, 1.807) is 0 Å². The number of halogens is 1. The van der Waals surface area contributed by atoms with Gasteiger partial charge in [0.15, 0.2) is 0 Å². The fourth-order valence-electron chi connectivity index (χ4n) is 6.61. The maximum atomic E-state index is 6.64. The van der Waals surface area contributed by atoms with Crippen LogP contribution in [0.1, 0.15) is 37.1 Å². The molecule has 4 unspecified atom stereocenters. The number of benzene rings is 2. The summed E-state index contributed by atoms with van der Waals surface area (Å²) in [6.07, 6.45) is 24.8. The number of nitrogens with zero attached hydrogens (tertiary/aromatic N) is 2. The normalized spacial score (nSPS) is 30.9. The molecule has 4 heteroatoms. The second kappa shape index (κ2) is 7.76. The molecule has 3 aromatic rings. The second-order valence-electron chi connectivity index (χ2n) is 10.1. The molecule has 0 bridgehead atoms. The number of para-hydroxylation sites is 1.